The second-order valence-corrected chi connectivity index (χ2v) is 10.7. The highest BCUT2D eigenvalue weighted by molar-refractivity contribution is 5.78. The average Bonchev–Trinajstić information content (AvgIpc) is 3.56. The number of hydrogen-bond donors (Lipinski definition) is 1. The van der Waals surface area contributed by atoms with Crippen LogP contribution in [0, 0.1) is 5.92 Å². The van der Waals surface area contributed by atoms with Crippen molar-refractivity contribution in [2.75, 3.05) is 46.8 Å². The lowest BCUT2D eigenvalue weighted by molar-refractivity contribution is -0.188. The summed E-state index contributed by atoms with van der Waals surface area (Å²) in [6.07, 6.45) is 7.55. The molecule has 1 N–H and O–H groups in total. The fraction of sp³-hybridized carbons (Fsp3) is 0.724. The van der Waals surface area contributed by atoms with Gasteiger partial charge < -0.3 is 24.1 Å². The number of carbonyl (C=O) groups excluding carboxylic acids is 1. The van der Waals surface area contributed by atoms with Crippen molar-refractivity contribution in [3.63, 3.8) is 0 Å². The molecule has 3 heterocycles. The van der Waals surface area contributed by atoms with Gasteiger partial charge in [-0.3, -0.25) is 19.3 Å². The third-order valence-corrected chi connectivity index (χ3v) is 7.94. The highest BCUT2D eigenvalue weighted by Gasteiger charge is 2.47. The van der Waals surface area contributed by atoms with E-state index in [1.165, 1.54) is 11.5 Å². The summed E-state index contributed by atoms with van der Waals surface area (Å²) in [5, 5.41) is 11.9. The van der Waals surface area contributed by atoms with E-state index in [0.29, 0.717) is 43.4 Å². The summed E-state index contributed by atoms with van der Waals surface area (Å²) in [6, 6.07) is 3.41. The Morgan fingerprint density at radius 2 is 2.00 bits per heavy atom. The van der Waals surface area contributed by atoms with Gasteiger partial charge in [0.2, 0.25) is 12.5 Å². The summed E-state index contributed by atoms with van der Waals surface area (Å²) < 4.78 is 22.6. The molecule has 10 heteroatoms. The minimum atomic E-state index is -0.863. The number of hydroxylamine groups is 2. The van der Waals surface area contributed by atoms with Gasteiger partial charge in [0.1, 0.15) is 0 Å². The Labute approximate surface area is 231 Å². The van der Waals surface area contributed by atoms with Gasteiger partial charge in [0.25, 0.3) is 5.91 Å². The molecular formula is C29H44N2O8. The summed E-state index contributed by atoms with van der Waals surface area (Å²) in [5.74, 6) is -0.428. The number of carboxylic acid groups (broad SMARTS) is 1. The van der Waals surface area contributed by atoms with Gasteiger partial charge in [-0.1, -0.05) is 13.8 Å². The Kier molecular flexibility index (Phi) is 10.7. The van der Waals surface area contributed by atoms with E-state index in [-0.39, 0.29) is 37.3 Å². The second kappa shape index (κ2) is 14.2. The first kappa shape index (κ1) is 29.4. The van der Waals surface area contributed by atoms with Crippen LogP contribution in [-0.2, 0) is 19.2 Å². The van der Waals surface area contributed by atoms with Crippen LogP contribution >= 0.6 is 0 Å². The lowest BCUT2D eigenvalue weighted by Gasteiger charge is -2.30. The van der Waals surface area contributed by atoms with E-state index >= 15 is 0 Å². The normalized spacial score (nSPS) is 24.6. The fourth-order valence-corrected chi connectivity index (χ4v) is 6.06. The average molecular weight is 549 g/mol. The van der Waals surface area contributed by atoms with Crippen LogP contribution < -0.4 is 14.2 Å². The van der Waals surface area contributed by atoms with Crippen molar-refractivity contribution < 1.29 is 38.5 Å². The van der Waals surface area contributed by atoms with Gasteiger partial charge in [0.05, 0.1) is 32.3 Å². The molecule has 1 aromatic carbocycles. The number of rotatable bonds is 14. The molecule has 2 saturated heterocycles. The lowest BCUT2D eigenvalue weighted by Crippen LogP contribution is -2.44. The van der Waals surface area contributed by atoms with E-state index in [1.807, 2.05) is 30.9 Å². The molecule has 4 rings (SSSR count). The molecule has 1 aromatic rings. The molecule has 0 aromatic heterocycles. The smallest absolute Gasteiger partial charge is 0.308 e. The third kappa shape index (κ3) is 7.15. The summed E-state index contributed by atoms with van der Waals surface area (Å²) in [6.45, 7) is 6.41. The Bertz CT molecular complexity index is 967. The maximum atomic E-state index is 13.4. The monoisotopic (exact) mass is 548 g/mol. The number of nitrogens with zero attached hydrogens (tertiary/aromatic N) is 2. The molecule has 0 spiro atoms. The van der Waals surface area contributed by atoms with E-state index in [0.717, 1.165) is 50.7 Å². The molecule has 2 fully saturated rings. The number of carbonyl (C=O) groups is 2. The topological polar surface area (TPSA) is 107 Å². The Balaban J connectivity index is 1.57. The SMILES string of the molecule is CCCON(CCC)C(=O)CN1C[C@H](c2cc(OC)c3c(c2)OCO3)[C@@H](C(=O)O)[C@@H]1CCCC1CCCCO1. The number of aliphatic carboxylic acids is 1. The molecule has 10 nitrogen and oxygen atoms in total. The number of hydrogen-bond acceptors (Lipinski definition) is 8. The predicted molar refractivity (Wildman–Crippen MR) is 144 cm³/mol. The zero-order valence-electron chi connectivity index (χ0n) is 23.6. The Morgan fingerprint density at radius 3 is 2.69 bits per heavy atom. The van der Waals surface area contributed by atoms with Crippen LogP contribution in [0.2, 0.25) is 0 Å². The third-order valence-electron chi connectivity index (χ3n) is 7.94. The van der Waals surface area contributed by atoms with Gasteiger partial charge >= 0.3 is 5.97 Å². The van der Waals surface area contributed by atoms with Crippen LogP contribution in [0.15, 0.2) is 12.1 Å². The first-order valence-electron chi connectivity index (χ1n) is 14.5. The van der Waals surface area contributed by atoms with Crippen LogP contribution in [0.25, 0.3) is 0 Å². The van der Waals surface area contributed by atoms with Gasteiger partial charge in [-0.2, -0.15) is 0 Å². The van der Waals surface area contributed by atoms with Gasteiger partial charge in [-0.15, -0.1) is 0 Å². The number of likely N-dealkylation sites (tertiary alicyclic amines) is 1. The van der Waals surface area contributed by atoms with E-state index in [9.17, 15) is 14.7 Å². The van der Waals surface area contributed by atoms with Crippen molar-refractivity contribution in [3.8, 4) is 17.2 Å². The van der Waals surface area contributed by atoms with Crippen LogP contribution in [0.1, 0.15) is 76.7 Å². The van der Waals surface area contributed by atoms with Crippen molar-refractivity contribution in [2.24, 2.45) is 5.92 Å². The van der Waals surface area contributed by atoms with E-state index < -0.39 is 11.9 Å². The highest BCUT2D eigenvalue weighted by atomic mass is 16.7. The quantitative estimate of drug-likeness (QED) is 0.342. The molecule has 0 bridgehead atoms. The zero-order chi connectivity index (χ0) is 27.8. The summed E-state index contributed by atoms with van der Waals surface area (Å²) in [4.78, 5) is 34.0. The van der Waals surface area contributed by atoms with Crippen LogP contribution in [0.4, 0.5) is 0 Å². The number of carboxylic acids is 1. The molecule has 0 aliphatic carbocycles. The molecule has 218 valence electrons. The molecule has 3 aliphatic rings. The van der Waals surface area contributed by atoms with E-state index in [4.69, 9.17) is 23.8 Å². The Morgan fingerprint density at radius 1 is 1.15 bits per heavy atom. The number of benzene rings is 1. The molecule has 1 unspecified atom stereocenters. The van der Waals surface area contributed by atoms with Crippen molar-refractivity contribution >= 4 is 11.9 Å². The van der Waals surface area contributed by atoms with Gasteiger partial charge in [-0.05, 0) is 69.1 Å². The molecule has 0 saturated carbocycles. The van der Waals surface area contributed by atoms with Gasteiger partial charge in [0, 0.05) is 31.7 Å². The van der Waals surface area contributed by atoms with Crippen molar-refractivity contribution in [2.45, 2.75) is 83.3 Å². The minimum Gasteiger partial charge on any atom is -0.493 e. The number of ether oxygens (including phenoxy) is 4. The number of amides is 1. The molecular weight excluding hydrogens is 504 g/mol. The summed E-state index contributed by atoms with van der Waals surface area (Å²) in [7, 11) is 1.56. The van der Waals surface area contributed by atoms with Gasteiger partial charge in [0.15, 0.2) is 11.5 Å². The van der Waals surface area contributed by atoms with Crippen molar-refractivity contribution in [3.05, 3.63) is 17.7 Å². The first-order chi connectivity index (χ1) is 19.0. The molecule has 1 amide bonds. The van der Waals surface area contributed by atoms with Crippen molar-refractivity contribution in [1.82, 2.24) is 9.96 Å². The zero-order valence-corrected chi connectivity index (χ0v) is 23.6. The standard InChI is InChI=1S/C29H44N2O8/c1-4-12-31(39-13-5-2)26(32)18-30-17-22(20-15-24(35-3)28-25(16-20)37-19-38-28)27(29(33)34)23(30)11-8-10-21-9-6-7-14-36-21/h15-16,21-23,27H,4-14,17-19H2,1-3H3,(H,33,34)/t21?,22-,23+,27-/m1/s1. The molecule has 39 heavy (non-hydrogen) atoms. The van der Waals surface area contributed by atoms with E-state index in [1.54, 1.807) is 7.11 Å². The maximum absolute atomic E-state index is 13.4. The fourth-order valence-electron chi connectivity index (χ4n) is 6.06. The molecule has 0 radical (unpaired) electrons. The summed E-state index contributed by atoms with van der Waals surface area (Å²) >= 11 is 0. The predicted octanol–water partition coefficient (Wildman–Crippen LogP) is 4.21. The first-order valence-corrected chi connectivity index (χ1v) is 14.5. The molecule has 3 aliphatic heterocycles. The number of methoxy groups -OCH3 is 1. The van der Waals surface area contributed by atoms with Gasteiger partial charge in [-0.25, -0.2) is 5.06 Å². The highest BCUT2D eigenvalue weighted by Crippen LogP contribution is 2.47. The second-order valence-electron chi connectivity index (χ2n) is 10.7. The maximum Gasteiger partial charge on any atom is 0.308 e. The number of fused-ring (bicyclic) bond motifs is 1. The largest absolute Gasteiger partial charge is 0.493 e. The Hall–Kier alpha value is -2.56. The molecule has 4 atom stereocenters. The van der Waals surface area contributed by atoms with Crippen LogP contribution in [-0.4, -0.2) is 85.8 Å². The lowest BCUT2D eigenvalue weighted by atomic mass is 9.83. The van der Waals surface area contributed by atoms with Crippen LogP contribution in [0.3, 0.4) is 0 Å². The van der Waals surface area contributed by atoms with Crippen molar-refractivity contribution in [1.29, 1.82) is 0 Å². The van der Waals surface area contributed by atoms with E-state index in [2.05, 4.69) is 0 Å². The van der Waals surface area contributed by atoms with Crippen LogP contribution in [0.5, 0.6) is 17.2 Å². The summed E-state index contributed by atoms with van der Waals surface area (Å²) in [5.41, 5.74) is 0.812. The minimum absolute atomic E-state index is 0.0969.